The van der Waals surface area contributed by atoms with Crippen LogP contribution in [0, 0.1) is 0 Å². The maximum absolute atomic E-state index is 12.0. The molecular weight excluding hydrogens is 298 g/mol. The fraction of sp³-hybridized carbons (Fsp3) is 0.375. The minimum atomic E-state index is -0.398. The number of carbonyl (C=O) groups excluding carboxylic acids is 2. The summed E-state index contributed by atoms with van der Waals surface area (Å²) in [6.45, 7) is 3.44. The summed E-state index contributed by atoms with van der Waals surface area (Å²) in [5, 5.41) is 4.46. The highest BCUT2D eigenvalue weighted by Crippen LogP contribution is 2.25. The molecule has 1 atom stereocenters. The van der Waals surface area contributed by atoms with Gasteiger partial charge in [0.05, 0.1) is 31.9 Å². The first kappa shape index (κ1) is 15.4. The van der Waals surface area contributed by atoms with Crippen LogP contribution in [0.1, 0.15) is 6.92 Å². The predicted octanol–water partition coefficient (Wildman–Crippen LogP) is 1.46. The fourth-order valence-corrected chi connectivity index (χ4v) is 2.50. The van der Waals surface area contributed by atoms with Gasteiger partial charge >= 0.3 is 6.09 Å². The van der Waals surface area contributed by atoms with Crippen molar-refractivity contribution in [3.63, 3.8) is 0 Å². The zero-order chi connectivity index (χ0) is 16.2. The molecule has 1 N–H and O–H groups in total. The van der Waals surface area contributed by atoms with E-state index >= 15 is 0 Å². The molecule has 7 nitrogen and oxygen atoms in total. The van der Waals surface area contributed by atoms with E-state index in [2.05, 4.69) is 5.32 Å². The minimum Gasteiger partial charge on any atom is -0.442 e. The van der Waals surface area contributed by atoms with E-state index < -0.39 is 6.09 Å². The van der Waals surface area contributed by atoms with E-state index in [-0.39, 0.29) is 12.0 Å². The van der Waals surface area contributed by atoms with Crippen LogP contribution in [0.4, 0.5) is 16.2 Å². The van der Waals surface area contributed by atoms with Crippen LogP contribution in [0.3, 0.4) is 0 Å². The molecule has 7 heteroatoms. The maximum atomic E-state index is 12.0. The standard InChI is InChI=1S/C16H19N3O4/c1-12(20)17-10-15-11-18(16(21)23-15)13-4-6-14(7-5-13)19-8-2-3-9-22-19/h2-7,15H,8-11H2,1H3,(H,17,20)/t15-/m0/s1. The highest BCUT2D eigenvalue weighted by molar-refractivity contribution is 5.90. The van der Waals surface area contributed by atoms with Crippen LogP contribution in [-0.2, 0) is 14.4 Å². The first-order valence-electron chi connectivity index (χ1n) is 7.51. The van der Waals surface area contributed by atoms with Gasteiger partial charge in [0.15, 0.2) is 0 Å². The van der Waals surface area contributed by atoms with Crippen molar-refractivity contribution in [2.24, 2.45) is 0 Å². The van der Waals surface area contributed by atoms with Crippen molar-refractivity contribution in [3.05, 3.63) is 36.4 Å². The number of benzene rings is 1. The van der Waals surface area contributed by atoms with Gasteiger partial charge in [0.25, 0.3) is 0 Å². The van der Waals surface area contributed by atoms with Crippen molar-refractivity contribution in [1.82, 2.24) is 5.32 Å². The lowest BCUT2D eigenvalue weighted by Gasteiger charge is -2.25. The zero-order valence-corrected chi connectivity index (χ0v) is 12.9. The van der Waals surface area contributed by atoms with Crippen molar-refractivity contribution in [1.29, 1.82) is 0 Å². The maximum Gasteiger partial charge on any atom is 0.414 e. The molecule has 0 radical (unpaired) electrons. The molecule has 1 fully saturated rings. The number of hydrogen-bond acceptors (Lipinski definition) is 5. The molecule has 122 valence electrons. The number of carbonyl (C=O) groups is 2. The third-order valence-electron chi connectivity index (χ3n) is 3.67. The summed E-state index contributed by atoms with van der Waals surface area (Å²) in [6, 6.07) is 7.53. The summed E-state index contributed by atoms with van der Waals surface area (Å²) in [5.74, 6) is -0.139. The number of rotatable bonds is 4. The van der Waals surface area contributed by atoms with Gasteiger partial charge < -0.3 is 10.1 Å². The molecular formula is C16H19N3O4. The number of amides is 2. The highest BCUT2D eigenvalue weighted by atomic mass is 16.7. The number of anilines is 2. The van der Waals surface area contributed by atoms with Gasteiger partial charge in [0.2, 0.25) is 5.91 Å². The molecule has 0 spiro atoms. The number of hydroxylamine groups is 1. The number of cyclic esters (lactones) is 1. The lowest BCUT2D eigenvalue weighted by atomic mass is 10.2. The molecule has 2 heterocycles. The van der Waals surface area contributed by atoms with Gasteiger partial charge in [0, 0.05) is 12.6 Å². The molecule has 0 unspecified atom stereocenters. The Morgan fingerprint density at radius 2 is 2.00 bits per heavy atom. The molecule has 23 heavy (non-hydrogen) atoms. The van der Waals surface area contributed by atoms with Gasteiger partial charge in [-0.05, 0) is 24.3 Å². The minimum absolute atomic E-state index is 0.139. The monoisotopic (exact) mass is 317 g/mol. The van der Waals surface area contributed by atoms with E-state index in [4.69, 9.17) is 9.57 Å². The van der Waals surface area contributed by atoms with Crippen molar-refractivity contribution < 1.29 is 19.2 Å². The molecule has 2 aliphatic rings. The molecule has 0 bridgehead atoms. The largest absolute Gasteiger partial charge is 0.442 e. The van der Waals surface area contributed by atoms with Crippen LogP contribution in [0.15, 0.2) is 36.4 Å². The average Bonchev–Trinajstić information content (AvgIpc) is 2.95. The van der Waals surface area contributed by atoms with Crippen molar-refractivity contribution in [2.45, 2.75) is 13.0 Å². The Kier molecular flexibility index (Phi) is 4.47. The molecule has 0 saturated carbocycles. The third kappa shape index (κ3) is 3.62. The summed E-state index contributed by atoms with van der Waals surface area (Å²) >= 11 is 0. The Morgan fingerprint density at radius 1 is 1.26 bits per heavy atom. The van der Waals surface area contributed by atoms with E-state index in [1.165, 1.54) is 6.92 Å². The highest BCUT2D eigenvalue weighted by Gasteiger charge is 2.32. The smallest absolute Gasteiger partial charge is 0.414 e. The van der Waals surface area contributed by atoms with Gasteiger partial charge in [-0.3, -0.25) is 19.6 Å². The number of hydrogen-bond donors (Lipinski definition) is 1. The fourth-order valence-electron chi connectivity index (χ4n) is 2.50. The average molecular weight is 317 g/mol. The Bertz CT molecular complexity index is 614. The Labute approximate surface area is 134 Å². The molecule has 0 aromatic heterocycles. The van der Waals surface area contributed by atoms with Gasteiger partial charge in [-0.2, -0.15) is 0 Å². The molecule has 2 aliphatic heterocycles. The molecule has 1 aromatic carbocycles. The van der Waals surface area contributed by atoms with E-state index in [1.54, 1.807) is 9.96 Å². The van der Waals surface area contributed by atoms with Crippen molar-refractivity contribution in [2.75, 3.05) is 36.2 Å². The van der Waals surface area contributed by atoms with Crippen LogP contribution in [0.25, 0.3) is 0 Å². The van der Waals surface area contributed by atoms with E-state index in [0.29, 0.717) is 26.2 Å². The second-order valence-electron chi connectivity index (χ2n) is 5.40. The molecule has 1 aromatic rings. The molecule has 3 rings (SSSR count). The lowest BCUT2D eigenvalue weighted by Crippen LogP contribution is -2.33. The van der Waals surface area contributed by atoms with Gasteiger partial charge in [-0.25, -0.2) is 4.79 Å². The Hall–Kier alpha value is -2.54. The summed E-state index contributed by atoms with van der Waals surface area (Å²) in [4.78, 5) is 30.0. The van der Waals surface area contributed by atoms with Gasteiger partial charge in [-0.1, -0.05) is 12.2 Å². The summed E-state index contributed by atoms with van der Waals surface area (Å²) in [5.41, 5.74) is 1.69. The SMILES string of the molecule is CC(=O)NC[C@H]1CN(c2ccc(N3CC=CCO3)cc2)C(=O)O1. The van der Waals surface area contributed by atoms with Gasteiger partial charge in [0.1, 0.15) is 6.10 Å². The van der Waals surface area contributed by atoms with Crippen molar-refractivity contribution in [3.8, 4) is 0 Å². The van der Waals surface area contributed by atoms with Crippen LogP contribution in [0.2, 0.25) is 0 Å². The van der Waals surface area contributed by atoms with Crippen LogP contribution >= 0.6 is 0 Å². The van der Waals surface area contributed by atoms with Gasteiger partial charge in [-0.15, -0.1) is 0 Å². The molecule has 2 amide bonds. The van der Waals surface area contributed by atoms with Crippen molar-refractivity contribution >= 4 is 23.4 Å². The Morgan fingerprint density at radius 3 is 2.65 bits per heavy atom. The number of nitrogens with one attached hydrogen (secondary N) is 1. The Balaban J connectivity index is 1.63. The first-order chi connectivity index (χ1) is 11.1. The second kappa shape index (κ2) is 6.70. The zero-order valence-electron chi connectivity index (χ0n) is 12.9. The van der Waals surface area contributed by atoms with Crippen LogP contribution in [-0.4, -0.2) is 44.3 Å². The van der Waals surface area contributed by atoms with Crippen LogP contribution < -0.4 is 15.3 Å². The molecule has 1 saturated heterocycles. The number of ether oxygens (including phenoxy) is 1. The topological polar surface area (TPSA) is 71.1 Å². The summed E-state index contributed by atoms with van der Waals surface area (Å²) < 4.78 is 5.25. The molecule has 0 aliphatic carbocycles. The summed E-state index contributed by atoms with van der Waals surface area (Å²) in [7, 11) is 0. The summed E-state index contributed by atoms with van der Waals surface area (Å²) in [6.07, 6.45) is 3.29. The first-order valence-corrected chi connectivity index (χ1v) is 7.51. The van der Waals surface area contributed by atoms with Crippen LogP contribution in [0.5, 0.6) is 0 Å². The number of nitrogens with zero attached hydrogens (tertiary/aromatic N) is 2. The van der Waals surface area contributed by atoms with E-state index in [9.17, 15) is 9.59 Å². The normalized spacial score (nSPS) is 20.6. The second-order valence-corrected chi connectivity index (χ2v) is 5.40. The van der Waals surface area contributed by atoms with E-state index in [1.807, 2.05) is 36.4 Å². The third-order valence-corrected chi connectivity index (χ3v) is 3.67. The van der Waals surface area contributed by atoms with E-state index in [0.717, 1.165) is 11.4 Å². The lowest BCUT2D eigenvalue weighted by molar-refractivity contribution is -0.119. The predicted molar refractivity (Wildman–Crippen MR) is 85.2 cm³/mol. The quantitative estimate of drug-likeness (QED) is 0.851.